The smallest absolute Gasteiger partial charge is 0.243 e. The van der Waals surface area contributed by atoms with Gasteiger partial charge < -0.3 is 10.1 Å². The second kappa shape index (κ2) is 9.25. The summed E-state index contributed by atoms with van der Waals surface area (Å²) in [6.07, 6.45) is 2.00. The van der Waals surface area contributed by atoms with Crippen LogP contribution >= 0.6 is 11.8 Å². The summed E-state index contributed by atoms with van der Waals surface area (Å²) in [6, 6.07) is 13.7. The molecule has 0 aliphatic rings. The number of methoxy groups -OCH3 is 1. The summed E-state index contributed by atoms with van der Waals surface area (Å²) in [7, 11) is -0.859. The zero-order chi connectivity index (χ0) is 20.0. The molecule has 8 heteroatoms. The molecular weight excluding hydrogens is 384 g/mol. The number of likely N-dealkylation sites (N-methyl/N-ethyl adjacent to an activating group) is 1. The lowest BCUT2D eigenvalue weighted by Gasteiger charge is -2.19. The lowest BCUT2D eigenvalue weighted by molar-refractivity contribution is -0.121. The first-order valence-corrected chi connectivity index (χ1v) is 11.0. The fraction of sp³-hybridized carbons (Fsp3) is 0.316. The van der Waals surface area contributed by atoms with Crippen molar-refractivity contribution in [3.63, 3.8) is 0 Å². The van der Waals surface area contributed by atoms with Crippen molar-refractivity contribution < 1.29 is 17.9 Å². The van der Waals surface area contributed by atoms with Crippen LogP contribution in [0.15, 0.2) is 58.3 Å². The standard InChI is InChI=1S/C19H24N2O4S2/c1-14(15-5-9-17(26-4)10-6-15)20-19(22)13-21(2)27(23,24)18-11-7-16(25-3)8-12-18/h5-12,14H,13H2,1-4H3,(H,20,22)/t14-/m0/s1. The summed E-state index contributed by atoms with van der Waals surface area (Å²) < 4.78 is 31.3. The summed E-state index contributed by atoms with van der Waals surface area (Å²) in [6.45, 7) is 1.60. The number of ether oxygens (including phenoxy) is 1. The SMILES string of the molecule is COc1ccc(S(=O)(=O)N(C)CC(=O)N[C@@H](C)c2ccc(SC)cc2)cc1. The molecule has 0 radical (unpaired) electrons. The highest BCUT2D eigenvalue weighted by Crippen LogP contribution is 2.20. The summed E-state index contributed by atoms with van der Waals surface area (Å²) in [5, 5.41) is 2.83. The van der Waals surface area contributed by atoms with Crippen LogP contribution in [0.3, 0.4) is 0 Å². The molecule has 6 nitrogen and oxygen atoms in total. The quantitative estimate of drug-likeness (QED) is 0.680. The highest BCUT2D eigenvalue weighted by molar-refractivity contribution is 7.98. The number of benzene rings is 2. The van der Waals surface area contributed by atoms with Crippen molar-refractivity contribution in [2.45, 2.75) is 22.8 Å². The average Bonchev–Trinajstić information content (AvgIpc) is 2.67. The number of nitrogens with zero attached hydrogens (tertiary/aromatic N) is 1. The Hall–Kier alpha value is -2.03. The van der Waals surface area contributed by atoms with E-state index < -0.39 is 10.0 Å². The molecule has 0 fully saturated rings. The van der Waals surface area contributed by atoms with Crippen molar-refractivity contribution in [3.8, 4) is 5.75 Å². The van der Waals surface area contributed by atoms with E-state index in [9.17, 15) is 13.2 Å². The van der Waals surface area contributed by atoms with Gasteiger partial charge in [0.05, 0.1) is 24.6 Å². The van der Waals surface area contributed by atoms with Crippen molar-refractivity contribution >= 4 is 27.7 Å². The number of hydrogen-bond donors (Lipinski definition) is 1. The second-order valence-corrected chi connectivity index (χ2v) is 8.92. The molecule has 2 aromatic carbocycles. The minimum Gasteiger partial charge on any atom is -0.497 e. The van der Waals surface area contributed by atoms with Gasteiger partial charge in [-0.1, -0.05) is 12.1 Å². The molecule has 0 aromatic heterocycles. The van der Waals surface area contributed by atoms with Gasteiger partial charge in [-0.15, -0.1) is 11.8 Å². The highest BCUT2D eigenvalue weighted by Gasteiger charge is 2.23. The summed E-state index contributed by atoms with van der Waals surface area (Å²) in [5.41, 5.74) is 0.960. The molecule has 0 saturated heterocycles. The normalized spacial score (nSPS) is 12.6. The van der Waals surface area contributed by atoms with Crippen LogP contribution in [0.25, 0.3) is 0 Å². The van der Waals surface area contributed by atoms with Gasteiger partial charge >= 0.3 is 0 Å². The van der Waals surface area contributed by atoms with Crippen molar-refractivity contribution in [2.24, 2.45) is 0 Å². The number of nitrogens with one attached hydrogen (secondary N) is 1. The molecule has 0 aliphatic carbocycles. The van der Waals surface area contributed by atoms with Gasteiger partial charge in [0.1, 0.15) is 5.75 Å². The monoisotopic (exact) mass is 408 g/mol. The van der Waals surface area contributed by atoms with E-state index >= 15 is 0 Å². The Balaban J connectivity index is 2.00. The largest absolute Gasteiger partial charge is 0.497 e. The Bertz CT molecular complexity index is 866. The molecule has 146 valence electrons. The molecule has 0 heterocycles. The van der Waals surface area contributed by atoms with E-state index in [1.807, 2.05) is 37.4 Å². The van der Waals surface area contributed by atoms with Crippen LogP contribution in [0.2, 0.25) is 0 Å². The number of carbonyl (C=O) groups excluding carboxylic acids is 1. The summed E-state index contributed by atoms with van der Waals surface area (Å²) in [5.74, 6) is 0.201. The van der Waals surface area contributed by atoms with E-state index in [0.29, 0.717) is 5.75 Å². The predicted octanol–water partition coefficient (Wildman–Crippen LogP) is 2.92. The number of rotatable bonds is 8. The summed E-state index contributed by atoms with van der Waals surface area (Å²) >= 11 is 1.65. The predicted molar refractivity (Wildman–Crippen MR) is 108 cm³/mol. The fourth-order valence-corrected chi connectivity index (χ4v) is 4.01. The lowest BCUT2D eigenvalue weighted by Crippen LogP contribution is -2.39. The summed E-state index contributed by atoms with van der Waals surface area (Å²) in [4.78, 5) is 13.5. The number of thioether (sulfide) groups is 1. The first-order valence-electron chi connectivity index (χ1n) is 8.31. The molecule has 0 aliphatic heterocycles. The fourth-order valence-electron chi connectivity index (χ4n) is 2.48. The van der Waals surface area contributed by atoms with E-state index in [1.54, 1.807) is 23.9 Å². The average molecular weight is 409 g/mol. The maximum absolute atomic E-state index is 12.6. The van der Waals surface area contributed by atoms with Crippen LogP contribution in [0.4, 0.5) is 0 Å². The lowest BCUT2D eigenvalue weighted by atomic mass is 10.1. The molecule has 27 heavy (non-hydrogen) atoms. The van der Waals surface area contributed by atoms with E-state index in [1.165, 1.54) is 26.3 Å². The van der Waals surface area contributed by atoms with E-state index in [2.05, 4.69) is 5.32 Å². The third kappa shape index (κ3) is 5.47. The van der Waals surface area contributed by atoms with Gasteiger partial charge in [0.15, 0.2) is 0 Å². The topological polar surface area (TPSA) is 75.7 Å². The minimum atomic E-state index is -3.75. The van der Waals surface area contributed by atoms with Gasteiger partial charge in [0.25, 0.3) is 0 Å². The number of hydrogen-bond acceptors (Lipinski definition) is 5. The highest BCUT2D eigenvalue weighted by atomic mass is 32.2. The van der Waals surface area contributed by atoms with Gasteiger partial charge in [-0.25, -0.2) is 8.42 Å². The van der Waals surface area contributed by atoms with Crippen LogP contribution in [-0.4, -0.2) is 45.6 Å². The zero-order valence-corrected chi connectivity index (χ0v) is 17.4. The van der Waals surface area contributed by atoms with E-state index in [0.717, 1.165) is 14.8 Å². The third-order valence-electron chi connectivity index (χ3n) is 4.13. The van der Waals surface area contributed by atoms with Gasteiger partial charge in [-0.2, -0.15) is 4.31 Å². The van der Waals surface area contributed by atoms with Gasteiger partial charge in [0.2, 0.25) is 15.9 Å². The number of sulfonamides is 1. The van der Waals surface area contributed by atoms with Crippen LogP contribution in [0, 0.1) is 0 Å². The van der Waals surface area contributed by atoms with Crippen LogP contribution in [-0.2, 0) is 14.8 Å². The maximum Gasteiger partial charge on any atom is 0.243 e. The second-order valence-electron chi connectivity index (χ2n) is 6.00. The molecule has 0 bridgehead atoms. The maximum atomic E-state index is 12.6. The van der Waals surface area contributed by atoms with Crippen LogP contribution < -0.4 is 10.1 Å². The Kier molecular flexibility index (Phi) is 7.29. The first-order chi connectivity index (χ1) is 12.8. The minimum absolute atomic E-state index is 0.110. The molecule has 1 amide bonds. The van der Waals surface area contributed by atoms with Crippen molar-refractivity contribution in [2.75, 3.05) is 27.0 Å². The third-order valence-corrected chi connectivity index (χ3v) is 6.69. The molecule has 0 spiro atoms. The van der Waals surface area contributed by atoms with Gasteiger partial charge in [-0.3, -0.25) is 4.79 Å². The van der Waals surface area contributed by atoms with E-state index in [4.69, 9.17) is 4.74 Å². The molecule has 2 aromatic rings. The Morgan fingerprint density at radius 2 is 1.74 bits per heavy atom. The van der Waals surface area contributed by atoms with Crippen molar-refractivity contribution in [3.05, 3.63) is 54.1 Å². The zero-order valence-electron chi connectivity index (χ0n) is 15.8. The van der Waals surface area contributed by atoms with Crippen LogP contribution in [0.5, 0.6) is 5.75 Å². The van der Waals surface area contributed by atoms with Crippen LogP contribution in [0.1, 0.15) is 18.5 Å². The molecular formula is C19H24N2O4S2. The van der Waals surface area contributed by atoms with E-state index in [-0.39, 0.29) is 23.4 Å². The van der Waals surface area contributed by atoms with Gasteiger partial charge in [0, 0.05) is 11.9 Å². The molecule has 2 rings (SSSR count). The molecule has 0 saturated carbocycles. The Morgan fingerprint density at radius 1 is 1.15 bits per heavy atom. The van der Waals surface area contributed by atoms with Crippen molar-refractivity contribution in [1.29, 1.82) is 0 Å². The molecule has 0 unspecified atom stereocenters. The van der Waals surface area contributed by atoms with Crippen molar-refractivity contribution in [1.82, 2.24) is 9.62 Å². The molecule has 1 atom stereocenters. The Morgan fingerprint density at radius 3 is 2.26 bits per heavy atom. The molecule has 1 N–H and O–H groups in total. The number of carbonyl (C=O) groups is 1. The first kappa shape index (κ1) is 21.3. The number of amides is 1. The van der Waals surface area contributed by atoms with Gasteiger partial charge in [-0.05, 0) is 55.1 Å². The Labute approximate surface area is 165 Å².